The number of hydrogen-bond donors (Lipinski definition) is 2. The summed E-state index contributed by atoms with van der Waals surface area (Å²) in [5.74, 6) is 0.775. The molecule has 2 N–H and O–H groups in total. The van der Waals surface area contributed by atoms with E-state index in [1.54, 1.807) is 7.11 Å². The Labute approximate surface area is 200 Å². The number of methoxy groups -OCH3 is 1. The van der Waals surface area contributed by atoms with Crippen LogP contribution in [-0.4, -0.2) is 17.7 Å². The Balaban J connectivity index is 0.00000158. The lowest BCUT2D eigenvalue weighted by Gasteiger charge is -2.11. The van der Waals surface area contributed by atoms with E-state index in [0.29, 0.717) is 11.3 Å². The van der Waals surface area contributed by atoms with E-state index in [0.717, 1.165) is 44.7 Å². The van der Waals surface area contributed by atoms with Gasteiger partial charge in [-0.25, -0.2) is 4.79 Å². The molecule has 0 atom stereocenters. The first kappa shape index (κ1) is 24.4. The van der Waals surface area contributed by atoms with Crippen LogP contribution < -0.4 is 15.4 Å². The number of nitrogens with zero attached hydrogens (tertiary/aromatic N) is 2. The van der Waals surface area contributed by atoms with Crippen LogP contribution in [0.2, 0.25) is 0 Å². The largest absolute Gasteiger partial charge is 0.496 e. The molecule has 0 aliphatic carbocycles. The fraction of sp³-hybridized carbons (Fsp3) is 0.214. The summed E-state index contributed by atoms with van der Waals surface area (Å²) in [5, 5.41) is 16.5. The molecule has 2 amide bonds. The van der Waals surface area contributed by atoms with Crippen molar-refractivity contribution >= 4 is 28.3 Å². The summed E-state index contributed by atoms with van der Waals surface area (Å²) in [7, 11) is 3.57. The standard InChI is InChI=1S/C26H24N4O2.C2H6/c1-16-7-5-9-19(11-16)28-26(31)29-20-10-6-8-18(13-20)25-22(15-27)21-12-17(2)24(32-4)14-23(21)30(25)3;1-2/h5-14H,1-4H3,(H2,28,29,31);1-2H3. The number of urea groups is 1. The topological polar surface area (TPSA) is 79.1 Å². The number of nitriles is 1. The number of ether oxygens (including phenoxy) is 1. The van der Waals surface area contributed by atoms with Crippen LogP contribution in [0.3, 0.4) is 0 Å². The first-order chi connectivity index (χ1) is 16.4. The average molecular weight is 455 g/mol. The van der Waals surface area contributed by atoms with Gasteiger partial charge in [-0.3, -0.25) is 0 Å². The molecule has 6 nitrogen and oxygen atoms in total. The maximum absolute atomic E-state index is 12.5. The summed E-state index contributed by atoms with van der Waals surface area (Å²) in [5.41, 5.74) is 6.53. The van der Waals surface area contributed by atoms with Gasteiger partial charge >= 0.3 is 6.03 Å². The van der Waals surface area contributed by atoms with Crippen molar-refractivity contribution in [1.82, 2.24) is 4.57 Å². The zero-order chi connectivity index (χ0) is 24.8. The third-order valence-electron chi connectivity index (χ3n) is 5.50. The molecule has 3 aromatic carbocycles. The fourth-order valence-corrected chi connectivity index (χ4v) is 4.00. The number of rotatable bonds is 4. The molecule has 174 valence electrons. The number of hydrogen-bond acceptors (Lipinski definition) is 3. The quantitative estimate of drug-likeness (QED) is 0.348. The zero-order valence-corrected chi connectivity index (χ0v) is 20.5. The van der Waals surface area contributed by atoms with E-state index in [1.807, 2.05) is 100.0 Å². The van der Waals surface area contributed by atoms with Crippen molar-refractivity contribution in [3.05, 3.63) is 77.4 Å². The van der Waals surface area contributed by atoms with E-state index in [4.69, 9.17) is 4.74 Å². The molecule has 4 rings (SSSR count). The van der Waals surface area contributed by atoms with E-state index < -0.39 is 0 Å². The minimum Gasteiger partial charge on any atom is -0.496 e. The summed E-state index contributed by atoms with van der Waals surface area (Å²) in [6.07, 6.45) is 0. The maximum Gasteiger partial charge on any atom is 0.323 e. The van der Waals surface area contributed by atoms with Crippen molar-refractivity contribution in [1.29, 1.82) is 5.26 Å². The van der Waals surface area contributed by atoms with E-state index in [1.165, 1.54) is 0 Å². The number of benzene rings is 3. The highest BCUT2D eigenvalue weighted by Gasteiger charge is 2.19. The van der Waals surface area contributed by atoms with E-state index in [-0.39, 0.29) is 6.03 Å². The number of anilines is 2. The van der Waals surface area contributed by atoms with Crippen molar-refractivity contribution < 1.29 is 9.53 Å². The predicted octanol–water partition coefficient (Wildman–Crippen LogP) is 7.01. The Morgan fingerprint density at radius 2 is 1.62 bits per heavy atom. The summed E-state index contributed by atoms with van der Waals surface area (Å²) in [6.45, 7) is 7.93. The molecule has 1 aromatic heterocycles. The Hall–Kier alpha value is -4.24. The van der Waals surface area contributed by atoms with Crippen LogP contribution in [0.4, 0.5) is 16.2 Å². The van der Waals surface area contributed by atoms with Crippen molar-refractivity contribution in [2.45, 2.75) is 27.7 Å². The normalized spacial score (nSPS) is 10.1. The summed E-state index contributed by atoms with van der Waals surface area (Å²) < 4.78 is 7.45. The van der Waals surface area contributed by atoms with Crippen LogP contribution in [0.25, 0.3) is 22.2 Å². The van der Waals surface area contributed by atoms with Crippen LogP contribution in [0.1, 0.15) is 30.5 Å². The first-order valence-corrected chi connectivity index (χ1v) is 11.2. The van der Waals surface area contributed by atoms with Crippen LogP contribution in [0.5, 0.6) is 5.75 Å². The Kier molecular flexibility index (Phi) is 7.60. The van der Waals surface area contributed by atoms with Crippen molar-refractivity contribution in [2.75, 3.05) is 17.7 Å². The average Bonchev–Trinajstić information content (AvgIpc) is 3.10. The zero-order valence-electron chi connectivity index (χ0n) is 20.5. The molecule has 1 heterocycles. The maximum atomic E-state index is 12.5. The number of nitrogens with one attached hydrogen (secondary N) is 2. The van der Waals surface area contributed by atoms with Gasteiger partial charge in [-0.2, -0.15) is 5.26 Å². The van der Waals surface area contributed by atoms with Gasteiger partial charge in [0.2, 0.25) is 0 Å². The second-order valence-corrected chi connectivity index (χ2v) is 7.76. The van der Waals surface area contributed by atoms with Gasteiger partial charge in [0.05, 0.1) is 23.9 Å². The van der Waals surface area contributed by atoms with Crippen LogP contribution >= 0.6 is 0 Å². The molecule has 0 fully saturated rings. The monoisotopic (exact) mass is 454 g/mol. The molecule has 0 bridgehead atoms. The number of aryl methyl sites for hydroxylation is 3. The molecule has 4 aromatic rings. The molecule has 0 spiro atoms. The molecular weight excluding hydrogens is 424 g/mol. The van der Waals surface area contributed by atoms with Gasteiger partial charge in [0.1, 0.15) is 11.8 Å². The minimum absolute atomic E-state index is 0.328. The second kappa shape index (κ2) is 10.6. The van der Waals surface area contributed by atoms with Gasteiger partial charge < -0.3 is 19.9 Å². The molecule has 0 unspecified atom stereocenters. The first-order valence-electron chi connectivity index (χ1n) is 11.2. The third kappa shape index (κ3) is 4.89. The molecule has 0 saturated heterocycles. The Morgan fingerprint density at radius 1 is 0.971 bits per heavy atom. The number of amides is 2. The highest BCUT2D eigenvalue weighted by Crippen LogP contribution is 2.36. The van der Waals surface area contributed by atoms with E-state index in [9.17, 15) is 10.1 Å². The minimum atomic E-state index is -0.328. The predicted molar refractivity (Wildman–Crippen MR) is 140 cm³/mol. The van der Waals surface area contributed by atoms with Gasteiger partial charge in [0, 0.05) is 35.4 Å². The van der Waals surface area contributed by atoms with Crippen molar-refractivity contribution in [3.63, 3.8) is 0 Å². The van der Waals surface area contributed by atoms with E-state index in [2.05, 4.69) is 16.7 Å². The number of aromatic nitrogens is 1. The Bertz CT molecular complexity index is 1380. The van der Waals surface area contributed by atoms with Crippen molar-refractivity contribution in [2.24, 2.45) is 7.05 Å². The van der Waals surface area contributed by atoms with Crippen molar-refractivity contribution in [3.8, 4) is 23.1 Å². The SMILES string of the molecule is CC.COc1cc2c(cc1C)c(C#N)c(-c1cccc(NC(=O)Nc3cccc(C)c3)c1)n2C. The summed E-state index contributed by atoms with van der Waals surface area (Å²) in [6, 6.07) is 21.1. The summed E-state index contributed by atoms with van der Waals surface area (Å²) in [4.78, 5) is 12.5. The van der Waals surface area contributed by atoms with Gasteiger partial charge in [0.25, 0.3) is 0 Å². The molecular formula is C28H30N4O2. The number of carbonyl (C=O) groups excluding carboxylic acids is 1. The van der Waals surface area contributed by atoms with Crippen LogP contribution in [0.15, 0.2) is 60.7 Å². The lowest BCUT2D eigenvalue weighted by molar-refractivity contribution is 0.262. The number of carbonyl (C=O) groups is 1. The lowest BCUT2D eigenvalue weighted by Crippen LogP contribution is -2.19. The Morgan fingerprint density at radius 3 is 2.24 bits per heavy atom. The molecule has 0 aliphatic heterocycles. The number of fused-ring (bicyclic) bond motifs is 1. The molecule has 0 saturated carbocycles. The molecule has 0 aliphatic rings. The van der Waals surface area contributed by atoms with E-state index >= 15 is 0 Å². The van der Waals surface area contributed by atoms with Gasteiger partial charge in [-0.05, 0) is 55.3 Å². The molecule has 0 radical (unpaired) electrons. The lowest BCUT2D eigenvalue weighted by atomic mass is 10.0. The van der Waals surface area contributed by atoms with Gasteiger partial charge in [0.15, 0.2) is 0 Å². The highest BCUT2D eigenvalue weighted by atomic mass is 16.5. The van der Waals surface area contributed by atoms with Gasteiger partial charge in [-0.1, -0.05) is 38.1 Å². The highest BCUT2D eigenvalue weighted by molar-refractivity contribution is 6.01. The smallest absolute Gasteiger partial charge is 0.323 e. The fourth-order valence-electron chi connectivity index (χ4n) is 4.00. The van der Waals surface area contributed by atoms with Crippen LogP contribution in [-0.2, 0) is 7.05 Å². The summed E-state index contributed by atoms with van der Waals surface area (Å²) >= 11 is 0. The second-order valence-electron chi connectivity index (χ2n) is 7.76. The third-order valence-corrected chi connectivity index (χ3v) is 5.50. The van der Waals surface area contributed by atoms with Crippen LogP contribution in [0, 0.1) is 25.2 Å². The molecule has 6 heteroatoms. The molecule has 34 heavy (non-hydrogen) atoms. The van der Waals surface area contributed by atoms with Gasteiger partial charge in [-0.15, -0.1) is 0 Å².